The number of nitrogens with zero attached hydrogens (tertiary/aromatic N) is 1. The maximum absolute atomic E-state index is 10.5. The van der Waals surface area contributed by atoms with Gasteiger partial charge in [0.05, 0.1) is 5.60 Å². The van der Waals surface area contributed by atoms with Crippen molar-refractivity contribution in [2.24, 2.45) is 5.92 Å². The van der Waals surface area contributed by atoms with E-state index >= 15 is 0 Å². The lowest BCUT2D eigenvalue weighted by Crippen LogP contribution is -2.40. The Morgan fingerprint density at radius 3 is 2.82 bits per heavy atom. The molecule has 1 saturated carbocycles. The monoisotopic (exact) mass is 318 g/mol. The Bertz CT molecular complexity index is 361. The second-order valence-corrected chi connectivity index (χ2v) is 6.58. The first kappa shape index (κ1) is 13.3. The normalized spacial score (nSPS) is 29.2. The van der Waals surface area contributed by atoms with Crippen LogP contribution < -0.4 is 5.32 Å². The fourth-order valence-corrected chi connectivity index (χ4v) is 3.52. The SMILES string of the molecule is CCC1CCC(O)(CNc2nc(Br)cs2)CC1. The summed E-state index contributed by atoms with van der Waals surface area (Å²) in [5.41, 5.74) is -0.538. The molecule has 1 aliphatic carbocycles. The lowest BCUT2D eigenvalue weighted by atomic mass is 9.78. The van der Waals surface area contributed by atoms with Gasteiger partial charge in [-0.3, -0.25) is 0 Å². The van der Waals surface area contributed by atoms with E-state index in [0.717, 1.165) is 41.3 Å². The molecule has 0 amide bonds. The van der Waals surface area contributed by atoms with Gasteiger partial charge in [-0.1, -0.05) is 13.3 Å². The molecule has 1 aromatic rings. The fraction of sp³-hybridized carbons (Fsp3) is 0.750. The minimum atomic E-state index is -0.538. The van der Waals surface area contributed by atoms with Crippen molar-refractivity contribution in [2.75, 3.05) is 11.9 Å². The van der Waals surface area contributed by atoms with Crippen molar-refractivity contribution in [1.82, 2.24) is 4.98 Å². The summed E-state index contributed by atoms with van der Waals surface area (Å²) >= 11 is 4.89. The number of hydrogen-bond acceptors (Lipinski definition) is 4. The molecule has 0 aliphatic heterocycles. The minimum absolute atomic E-state index is 0.538. The molecule has 0 radical (unpaired) electrons. The number of nitrogens with one attached hydrogen (secondary N) is 1. The zero-order valence-electron chi connectivity index (χ0n) is 10.1. The van der Waals surface area contributed by atoms with E-state index in [2.05, 4.69) is 33.2 Å². The summed E-state index contributed by atoms with van der Waals surface area (Å²) in [6, 6.07) is 0. The van der Waals surface area contributed by atoms with Crippen LogP contribution in [0.4, 0.5) is 5.13 Å². The average Bonchev–Trinajstić information content (AvgIpc) is 2.74. The molecule has 1 fully saturated rings. The molecule has 3 nitrogen and oxygen atoms in total. The van der Waals surface area contributed by atoms with E-state index in [-0.39, 0.29) is 0 Å². The first-order chi connectivity index (χ1) is 8.11. The Labute approximate surface area is 115 Å². The van der Waals surface area contributed by atoms with Gasteiger partial charge in [0.25, 0.3) is 0 Å². The van der Waals surface area contributed by atoms with Gasteiger partial charge in [-0.15, -0.1) is 11.3 Å². The van der Waals surface area contributed by atoms with E-state index in [4.69, 9.17) is 0 Å². The molecule has 0 spiro atoms. The summed E-state index contributed by atoms with van der Waals surface area (Å²) in [4.78, 5) is 4.27. The third-order valence-electron chi connectivity index (χ3n) is 3.66. The molecule has 5 heteroatoms. The van der Waals surface area contributed by atoms with Crippen molar-refractivity contribution in [1.29, 1.82) is 0 Å². The number of hydrogen-bond donors (Lipinski definition) is 2. The Morgan fingerprint density at radius 2 is 2.29 bits per heavy atom. The van der Waals surface area contributed by atoms with Crippen molar-refractivity contribution in [3.8, 4) is 0 Å². The molecule has 0 bridgehead atoms. The zero-order chi connectivity index (χ0) is 12.3. The minimum Gasteiger partial charge on any atom is -0.388 e. The Kier molecular flexibility index (Phi) is 4.44. The second kappa shape index (κ2) is 5.67. The van der Waals surface area contributed by atoms with E-state index in [1.165, 1.54) is 6.42 Å². The third kappa shape index (κ3) is 3.66. The van der Waals surface area contributed by atoms with E-state index in [1.54, 1.807) is 11.3 Å². The predicted molar refractivity (Wildman–Crippen MR) is 75.5 cm³/mol. The largest absolute Gasteiger partial charge is 0.388 e. The van der Waals surface area contributed by atoms with Crippen LogP contribution in [-0.2, 0) is 0 Å². The van der Waals surface area contributed by atoms with E-state index < -0.39 is 5.60 Å². The van der Waals surface area contributed by atoms with Crippen LogP contribution in [0.1, 0.15) is 39.0 Å². The van der Waals surface area contributed by atoms with Crippen LogP contribution >= 0.6 is 27.3 Å². The highest BCUT2D eigenvalue weighted by atomic mass is 79.9. The number of halogens is 1. The molecule has 0 saturated heterocycles. The quantitative estimate of drug-likeness (QED) is 0.890. The van der Waals surface area contributed by atoms with Gasteiger partial charge in [-0.25, -0.2) is 4.98 Å². The lowest BCUT2D eigenvalue weighted by molar-refractivity contribution is 0.00229. The first-order valence-corrected chi connectivity index (χ1v) is 7.86. The molecule has 17 heavy (non-hydrogen) atoms. The van der Waals surface area contributed by atoms with Gasteiger partial charge in [0, 0.05) is 11.9 Å². The Hall–Kier alpha value is -0.130. The van der Waals surface area contributed by atoms with Crippen molar-refractivity contribution in [3.05, 3.63) is 9.98 Å². The second-order valence-electron chi connectivity index (χ2n) is 4.90. The van der Waals surface area contributed by atoms with Gasteiger partial charge >= 0.3 is 0 Å². The van der Waals surface area contributed by atoms with Crippen LogP contribution in [0.5, 0.6) is 0 Å². The molecule has 0 unspecified atom stereocenters. The first-order valence-electron chi connectivity index (χ1n) is 6.18. The number of aromatic nitrogens is 1. The maximum atomic E-state index is 10.5. The number of anilines is 1. The topological polar surface area (TPSA) is 45.1 Å². The summed E-state index contributed by atoms with van der Waals surface area (Å²) in [6.45, 7) is 2.85. The number of aliphatic hydroxyl groups is 1. The predicted octanol–water partition coefficient (Wildman–Crippen LogP) is 3.65. The number of rotatable bonds is 4. The molecular weight excluding hydrogens is 300 g/mol. The van der Waals surface area contributed by atoms with Crippen LogP contribution in [0, 0.1) is 5.92 Å². The van der Waals surface area contributed by atoms with Crippen LogP contribution in [-0.4, -0.2) is 22.2 Å². The maximum Gasteiger partial charge on any atom is 0.183 e. The summed E-state index contributed by atoms with van der Waals surface area (Å²) in [5.74, 6) is 0.810. The van der Waals surface area contributed by atoms with Crippen molar-refractivity contribution in [3.63, 3.8) is 0 Å². The molecule has 0 atom stereocenters. The van der Waals surface area contributed by atoms with Crippen molar-refractivity contribution < 1.29 is 5.11 Å². The smallest absolute Gasteiger partial charge is 0.183 e. The summed E-state index contributed by atoms with van der Waals surface area (Å²) in [5, 5.41) is 16.5. The third-order valence-corrected chi connectivity index (χ3v) is 5.17. The molecule has 1 heterocycles. The molecule has 0 aromatic carbocycles. The van der Waals surface area contributed by atoms with Crippen LogP contribution in [0.2, 0.25) is 0 Å². The van der Waals surface area contributed by atoms with Gasteiger partial charge in [0.2, 0.25) is 0 Å². The molecule has 96 valence electrons. The Morgan fingerprint density at radius 1 is 1.59 bits per heavy atom. The van der Waals surface area contributed by atoms with Gasteiger partial charge < -0.3 is 10.4 Å². The average molecular weight is 319 g/mol. The molecule has 2 N–H and O–H groups in total. The highest BCUT2D eigenvalue weighted by molar-refractivity contribution is 9.10. The highest BCUT2D eigenvalue weighted by Crippen LogP contribution is 2.34. The fourth-order valence-electron chi connectivity index (χ4n) is 2.38. The summed E-state index contributed by atoms with van der Waals surface area (Å²) in [7, 11) is 0. The Balaban J connectivity index is 1.82. The standard InChI is InChI=1S/C12H19BrN2OS/c1-2-9-3-5-12(16,6-4-9)8-14-11-15-10(13)7-17-11/h7,9,16H,2-6,8H2,1H3,(H,14,15). The highest BCUT2D eigenvalue weighted by Gasteiger charge is 2.32. The number of thiazole rings is 1. The van der Waals surface area contributed by atoms with Gasteiger partial charge in [0.15, 0.2) is 5.13 Å². The van der Waals surface area contributed by atoms with Crippen LogP contribution in [0.3, 0.4) is 0 Å². The van der Waals surface area contributed by atoms with Crippen molar-refractivity contribution >= 4 is 32.4 Å². The summed E-state index contributed by atoms with van der Waals surface area (Å²) < 4.78 is 0.853. The van der Waals surface area contributed by atoms with Crippen LogP contribution in [0.15, 0.2) is 9.98 Å². The van der Waals surface area contributed by atoms with E-state index in [9.17, 15) is 5.11 Å². The van der Waals surface area contributed by atoms with Gasteiger partial charge in [-0.2, -0.15) is 0 Å². The van der Waals surface area contributed by atoms with Crippen molar-refractivity contribution in [2.45, 2.75) is 44.6 Å². The van der Waals surface area contributed by atoms with E-state index in [1.807, 2.05) is 5.38 Å². The lowest BCUT2D eigenvalue weighted by Gasteiger charge is -2.35. The van der Waals surface area contributed by atoms with Crippen LogP contribution in [0.25, 0.3) is 0 Å². The van der Waals surface area contributed by atoms with E-state index in [0.29, 0.717) is 6.54 Å². The van der Waals surface area contributed by atoms with Gasteiger partial charge in [0.1, 0.15) is 4.60 Å². The molecule has 2 rings (SSSR count). The molecule has 1 aliphatic rings. The summed E-state index contributed by atoms with van der Waals surface area (Å²) in [6.07, 6.45) is 5.35. The molecular formula is C12H19BrN2OS. The van der Waals surface area contributed by atoms with Gasteiger partial charge in [-0.05, 0) is 47.5 Å². The molecule has 1 aromatic heterocycles. The zero-order valence-corrected chi connectivity index (χ0v) is 12.5.